The predicted molar refractivity (Wildman–Crippen MR) is 43.8 cm³/mol. The quantitative estimate of drug-likeness (QED) is 0.485. The molecular weight excluding hydrogens is 140 g/mol. The van der Waals surface area contributed by atoms with Crippen LogP contribution < -0.4 is 0 Å². The molecule has 3 nitrogen and oxygen atoms in total. The van der Waals surface area contributed by atoms with Crippen LogP contribution in [0.4, 0.5) is 0 Å². The minimum atomic E-state index is 0.769. The largest absolute Gasteiger partial charge is 0.500 e. The Morgan fingerprint density at radius 1 is 1.64 bits per heavy atom. The molecule has 1 aromatic heterocycles. The van der Waals surface area contributed by atoms with Crippen LogP contribution in [0.3, 0.4) is 0 Å². The van der Waals surface area contributed by atoms with Crippen LogP contribution in [0.25, 0.3) is 6.20 Å². The zero-order chi connectivity index (χ0) is 7.94. The maximum Gasteiger partial charge on any atom is 0.0995 e. The van der Waals surface area contributed by atoms with Crippen LogP contribution >= 0.6 is 0 Å². The summed E-state index contributed by atoms with van der Waals surface area (Å²) in [4.78, 5) is 3.88. The number of ether oxygens (including phenoxy) is 1. The predicted octanol–water partition coefficient (Wildman–Crippen LogP) is 1.74. The number of hydrogen-bond donors (Lipinski definition) is 0. The Morgan fingerprint density at radius 3 is 3.18 bits per heavy atom. The summed E-state index contributed by atoms with van der Waals surface area (Å²) in [6.07, 6.45) is 9.82. The molecule has 0 amide bonds. The van der Waals surface area contributed by atoms with Gasteiger partial charge in [-0.2, -0.15) is 0 Å². The summed E-state index contributed by atoms with van der Waals surface area (Å²) < 4.78 is 6.96. The van der Waals surface area contributed by atoms with Gasteiger partial charge in [0, 0.05) is 18.6 Å². The topological polar surface area (TPSA) is 27.1 Å². The SMILES string of the molecule is CCCOC=Cn1ccnc1. The summed E-state index contributed by atoms with van der Waals surface area (Å²) in [5.41, 5.74) is 0. The number of nitrogens with zero attached hydrogens (tertiary/aromatic N) is 2. The lowest BCUT2D eigenvalue weighted by molar-refractivity contribution is 0.251. The van der Waals surface area contributed by atoms with E-state index < -0.39 is 0 Å². The summed E-state index contributed by atoms with van der Waals surface area (Å²) in [5, 5.41) is 0. The molecular formula is C8H12N2O. The third kappa shape index (κ3) is 2.89. The standard InChI is InChI=1S/C8H12N2O/c1-2-6-11-7-5-10-4-3-9-8-10/h3-5,7-8H,2,6H2,1H3. The molecule has 0 aromatic carbocycles. The second kappa shape index (κ2) is 4.55. The lowest BCUT2D eigenvalue weighted by atomic mass is 10.5. The second-order valence-electron chi connectivity index (χ2n) is 2.17. The Hall–Kier alpha value is -1.25. The maximum atomic E-state index is 5.13. The molecule has 1 rings (SSSR count). The number of rotatable bonds is 4. The van der Waals surface area contributed by atoms with Gasteiger partial charge < -0.3 is 9.30 Å². The Balaban J connectivity index is 2.25. The second-order valence-corrected chi connectivity index (χ2v) is 2.17. The lowest BCUT2D eigenvalue weighted by Crippen LogP contribution is -1.84. The molecule has 0 aliphatic rings. The van der Waals surface area contributed by atoms with Crippen molar-refractivity contribution in [3.05, 3.63) is 25.0 Å². The van der Waals surface area contributed by atoms with E-state index in [9.17, 15) is 0 Å². The smallest absolute Gasteiger partial charge is 0.0995 e. The van der Waals surface area contributed by atoms with Crippen molar-refractivity contribution in [2.24, 2.45) is 0 Å². The van der Waals surface area contributed by atoms with Gasteiger partial charge in [0.05, 0.1) is 19.2 Å². The average Bonchev–Trinajstić information content (AvgIpc) is 2.50. The van der Waals surface area contributed by atoms with Crippen molar-refractivity contribution in [1.82, 2.24) is 9.55 Å². The molecule has 0 N–H and O–H groups in total. The van der Waals surface area contributed by atoms with Crippen molar-refractivity contribution in [2.45, 2.75) is 13.3 Å². The van der Waals surface area contributed by atoms with E-state index in [0.717, 1.165) is 13.0 Å². The molecule has 0 fully saturated rings. The van der Waals surface area contributed by atoms with Crippen molar-refractivity contribution in [3.8, 4) is 0 Å². The molecule has 0 aliphatic carbocycles. The van der Waals surface area contributed by atoms with Crippen molar-refractivity contribution >= 4 is 6.20 Å². The van der Waals surface area contributed by atoms with Gasteiger partial charge in [-0.25, -0.2) is 4.98 Å². The monoisotopic (exact) mass is 152 g/mol. The van der Waals surface area contributed by atoms with Crippen molar-refractivity contribution < 1.29 is 4.74 Å². The molecule has 0 spiro atoms. The van der Waals surface area contributed by atoms with Crippen LogP contribution in [-0.2, 0) is 4.74 Å². The third-order valence-electron chi connectivity index (χ3n) is 1.18. The number of imidazole rings is 1. The first-order chi connectivity index (χ1) is 5.43. The first-order valence-corrected chi connectivity index (χ1v) is 3.69. The van der Waals surface area contributed by atoms with Gasteiger partial charge in [0.25, 0.3) is 0 Å². The van der Waals surface area contributed by atoms with Gasteiger partial charge in [0.2, 0.25) is 0 Å². The van der Waals surface area contributed by atoms with Crippen molar-refractivity contribution in [2.75, 3.05) is 6.61 Å². The molecule has 0 atom stereocenters. The van der Waals surface area contributed by atoms with E-state index in [1.807, 2.05) is 17.0 Å². The van der Waals surface area contributed by atoms with Crippen LogP contribution in [0, 0.1) is 0 Å². The maximum absolute atomic E-state index is 5.13. The summed E-state index contributed by atoms with van der Waals surface area (Å²) >= 11 is 0. The first kappa shape index (κ1) is 7.85. The highest BCUT2D eigenvalue weighted by molar-refractivity contribution is 5.17. The Morgan fingerprint density at radius 2 is 2.55 bits per heavy atom. The molecule has 0 unspecified atom stereocenters. The molecule has 3 heteroatoms. The van der Waals surface area contributed by atoms with Crippen LogP contribution in [0.5, 0.6) is 0 Å². The summed E-state index contributed by atoms with van der Waals surface area (Å²) in [5.74, 6) is 0. The van der Waals surface area contributed by atoms with E-state index in [0.29, 0.717) is 0 Å². The first-order valence-electron chi connectivity index (χ1n) is 3.69. The highest BCUT2D eigenvalue weighted by atomic mass is 16.5. The molecule has 60 valence electrons. The molecule has 0 bridgehead atoms. The van der Waals surface area contributed by atoms with Crippen molar-refractivity contribution in [1.29, 1.82) is 0 Å². The Labute approximate surface area is 66.3 Å². The van der Waals surface area contributed by atoms with Gasteiger partial charge in [-0.05, 0) is 6.42 Å². The lowest BCUT2D eigenvalue weighted by Gasteiger charge is -1.95. The van der Waals surface area contributed by atoms with Gasteiger partial charge in [0.15, 0.2) is 0 Å². The van der Waals surface area contributed by atoms with Crippen LogP contribution in [0.2, 0.25) is 0 Å². The van der Waals surface area contributed by atoms with E-state index in [4.69, 9.17) is 4.74 Å². The molecule has 11 heavy (non-hydrogen) atoms. The molecule has 0 saturated heterocycles. The molecule has 0 radical (unpaired) electrons. The van der Waals surface area contributed by atoms with E-state index >= 15 is 0 Å². The minimum absolute atomic E-state index is 0.769. The van der Waals surface area contributed by atoms with Gasteiger partial charge in [0.1, 0.15) is 0 Å². The molecule has 1 heterocycles. The summed E-state index contributed by atoms with van der Waals surface area (Å²) in [6, 6.07) is 0. The Kier molecular flexibility index (Phi) is 3.25. The van der Waals surface area contributed by atoms with Gasteiger partial charge >= 0.3 is 0 Å². The zero-order valence-electron chi connectivity index (χ0n) is 6.60. The van der Waals surface area contributed by atoms with Gasteiger partial charge in [-0.15, -0.1) is 0 Å². The fourth-order valence-corrected chi connectivity index (χ4v) is 0.657. The summed E-state index contributed by atoms with van der Waals surface area (Å²) in [7, 11) is 0. The van der Waals surface area contributed by atoms with Crippen LogP contribution in [0.1, 0.15) is 13.3 Å². The van der Waals surface area contributed by atoms with E-state index in [-0.39, 0.29) is 0 Å². The number of hydrogen-bond acceptors (Lipinski definition) is 2. The van der Waals surface area contributed by atoms with Gasteiger partial charge in [-0.3, -0.25) is 0 Å². The molecule has 1 aromatic rings. The fourth-order valence-electron chi connectivity index (χ4n) is 0.657. The van der Waals surface area contributed by atoms with E-state index in [1.165, 1.54) is 0 Å². The van der Waals surface area contributed by atoms with E-state index in [1.54, 1.807) is 18.8 Å². The van der Waals surface area contributed by atoms with Crippen molar-refractivity contribution in [3.63, 3.8) is 0 Å². The highest BCUT2D eigenvalue weighted by Crippen LogP contribution is 1.88. The highest BCUT2D eigenvalue weighted by Gasteiger charge is 1.79. The minimum Gasteiger partial charge on any atom is -0.500 e. The normalized spacial score (nSPS) is 10.6. The zero-order valence-corrected chi connectivity index (χ0v) is 6.60. The fraction of sp³-hybridized carbons (Fsp3) is 0.375. The Bertz CT molecular complexity index is 204. The van der Waals surface area contributed by atoms with Crippen LogP contribution in [0.15, 0.2) is 25.0 Å². The molecule has 0 aliphatic heterocycles. The van der Waals surface area contributed by atoms with E-state index in [2.05, 4.69) is 11.9 Å². The van der Waals surface area contributed by atoms with Crippen LogP contribution in [-0.4, -0.2) is 16.2 Å². The summed E-state index contributed by atoms with van der Waals surface area (Å²) in [6.45, 7) is 2.84. The average molecular weight is 152 g/mol. The molecule has 0 saturated carbocycles. The number of aromatic nitrogens is 2. The van der Waals surface area contributed by atoms with Gasteiger partial charge in [-0.1, -0.05) is 6.92 Å². The third-order valence-corrected chi connectivity index (χ3v) is 1.18.